The monoisotopic (exact) mass is 469 g/mol. The SMILES string of the molecule is Cn1ncc(C(=O)N2CCC2)c1C(=O)NCCc1nc(-c2ccccc2)nn1Cc1ccccc1. The van der Waals surface area contributed by atoms with Crippen molar-refractivity contribution in [2.24, 2.45) is 7.05 Å². The van der Waals surface area contributed by atoms with Crippen LogP contribution in [0.2, 0.25) is 0 Å². The smallest absolute Gasteiger partial charge is 0.270 e. The molecule has 0 saturated carbocycles. The molecule has 3 heterocycles. The molecule has 0 atom stereocenters. The Morgan fingerprint density at radius 1 is 1.00 bits per heavy atom. The first-order valence-electron chi connectivity index (χ1n) is 11.7. The molecule has 0 spiro atoms. The highest BCUT2D eigenvalue weighted by Gasteiger charge is 2.28. The Labute approximate surface area is 203 Å². The molecule has 178 valence electrons. The van der Waals surface area contributed by atoms with Gasteiger partial charge in [0.05, 0.1) is 18.3 Å². The molecule has 1 N–H and O–H groups in total. The average molecular weight is 470 g/mol. The van der Waals surface area contributed by atoms with Crippen LogP contribution in [0.4, 0.5) is 0 Å². The molecule has 0 bridgehead atoms. The first-order valence-corrected chi connectivity index (χ1v) is 11.7. The van der Waals surface area contributed by atoms with E-state index < -0.39 is 0 Å². The minimum absolute atomic E-state index is 0.149. The molecule has 1 aliphatic heterocycles. The van der Waals surface area contributed by atoms with Gasteiger partial charge in [0, 0.05) is 38.7 Å². The highest BCUT2D eigenvalue weighted by Crippen LogP contribution is 2.18. The summed E-state index contributed by atoms with van der Waals surface area (Å²) in [7, 11) is 1.67. The summed E-state index contributed by atoms with van der Waals surface area (Å²) in [6, 6.07) is 19.9. The number of amides is 2. The lowest BCUT2D eigenvalue weighted by atomic mass is 10.1. The maximum atomic E-state index is 13.0. The minimum Gasteiger partial charge on any atom is -0.350 e. The van der Waals surface area contributed by atoms with E-state index in [2.05, 4.69) is 22.5 Å². The third kappa shape index (κ3) is 4.84. The number of hydrogen-bond donors (Lipinski definition) is 1. The number of carbonyl (C=O) groups excluding carboxylic acids is 2. The van der Waals surface area contributed by atoms with Gasteiger partial charge in [0.25, 0.3) is 11.8 Å². The quantitative estimate of drug-likeness (QED) is 0.428. The fourth-order valence-electron chi connectivity index (χ4n) is 4.08. The van der Waals surface area contributed by atoms with Gasteiger partial charge in [-0.3, -0.25) is 14.3 Å². The van der Waals surface area contributed by atoms with Crippen molar-refractivity contribution in [1.29, 1.82) is 0 Å². The predicted molar refractivity (Wildman–Crippen MR) is 131 cm³/mol. The number of rotatable bonds is 8. The number of nitrogens with zero attached hydrogens (tertiary/aromatic N) is 6. The van der Waals surface area contributed by atoms with Gasteiger partial charge in [-0.25, -0.2) is 9.67 Å². The maximum absolute atomic E-state index is 13.0. The minimum atomic E-state index is -0.328. The van der Waals surface area contributed by atoms with Crippen LogP contribution >= 0.6 is 0 Å². The first-order chi connectivity index (χ1) is 17.1. The summed E-state index contributed by atoms with van der Waals surface area (Å²) in [5.41, 5.74) is 2.67. The van der Waals surface area contributed by atoms with E-state index in [4.69, 9.17) is 10.1 Å². The molecule has 2 aromatic heterocycles. The molecule has 0 aliphatic carbocycles. The van der Waals surface area contributed by atoms with Crippen LogP contribution in [0.25, 0.3) is 11.4 Å². The molecule has 1 saturated heterocycles. The Morgan fingerprint density at radius 3 is 2.40 bits per heavy atom. The van der Waals surface area contributed by atoms with Crippen LogP contribution < -0.4 is 5.32 Å². The molecule has 9 heteroatoms. The van der Waals surface area contributed by atoms with Crippen LogP contribution in [-0.2, 0) is 20.0 Å². The van der Waals surface area contributed by atoms with Crippen molar-refractivity contribution >= 4 is 11.8 Å². The molecule has 5 rings (SSSR count). The van der Waals surface area contributed by atoms with Gasteiger partial charge in [0.15, 0.2) is 5.82 Å². The van der Waals surface area contributed by atoms with E-state index in [9.17, 15) is 9.59 Å². The Hall–Kier alpha value is -4.27. The molecule has 4 aromatic rings. The average Bonchev–Trinajstić information content (AvgIpc) is 3.42. The fraction of sp³-hybridized carbons (Fsp3) is 0.269. The summed E-state index contributed by atoms with van der Waals surface area (Å²) in [6.07, 6.45) is 2.95. The molecule has 0 radical (unpaired) electrons. The zero-order chi connectivity index (χ0) is 24.2. The molecule has 1 aliphatic rings. The van der Waals surface area contributed by atoms with Gasteiger partial charge in [0.1, 0.15) is 11.5 Å². The number of benzene rings is 2. The van der Waals surface area contributed by atoms with Crippen molar-refractivity contribution in [2.45, 2.75) is 19.4 Å². The van der Waals surface area contributed by atoms with E-state index >= 15 is 0 Å². The summed E-state index contributed by atoms with van der Waals surface area (Å²) >= 11 is 0. The number of aryl methyl sites for hydroxylation is 1. The standard InChI is InChI=1S/C26H27N7O2/c1-31-23(21(17-28-31)26(35)32-15-8-16-32)25(34)27-14-13-22-29-24(20-11-6-3-7-12-20)30-33(22)18-19-9-4-2-5-10-19/h2-7,9-12,17H,8,13-16,18H2,1H3,(H,27,34). The summed E-state index contributed by atoms with van der Waals surface area (Å²) in [4.78, 5) is 32.2. The number of aromatic nitrogens is 5. The van der Waals surface area contributed by atoms with Crippen LogP contribution in [0.5, 0.6) is 0 Å². The lowest BCUT2D eigenvalue weighted by Gasteiger charge is -2.30. The van der Waals surface area contributed by atoms with Gasteiger partial charge in [-0.05, 0) is 12.0 Å². The van der Waals surface area contributed by atoms with Crippen molar-refractivity contribution < 1.29 is 9.59 Å². The fourth-order valence-corrected chi connectivity index (χ4v) is 4.08. The van der Waals surface area contributed by atoms with E-state index in [0.29, 0.717) is 30.9 Å². The normalized spacial score (nSPS) is 12.9. The number of hydrogen-bond acceptors (Lipinski definition) is 5. The van der Waals surface area contributed by atoms with Gasteiger partial charge in [-0.15, -0.1) is 0 Å². The highest BCUT2D eigenvalue weighted by atomic mass is 16.2. The van der Waals surface area contributed by atoms with E-state index in [-0.39, 0.29) is 17.5 Å². The van der Waals surface area contributed by atoms with Crippen molar-refractivity contribution in [3.05, 3.63) is 89.5 Å². The summed E-state index contributed by atoms with van der Waals surface area (Å²) in [6.45, 7) is 2.37. The van der Waals surface area contributed by atoms with Crippen molar-refractivity contribution in [1.82, 2.24) is 34.8 Å². The van der Waals surface area contributed by atoms with Crippen molar-refractivity contribution in [3.8, 4) is 11.4 Å². The van der Waals surface area contributed by atoms with Crippen LogP contribution in [0, 0.1) is 0 Å². The van der Waals surface area contributed by atoms with Gasteiger partial charge in [0.2, 0.25) is 0 Å². The van der Waals surface area contributed by atoms with E-state index in [0.717, 1.165) is 36.5 Å². The Kier molecular flexibility index (Phi) is 6.38. The molecule has 2 aromatic carbocycles. The van der Waals surface area contributed by atoms with Gasteiger partial charge < -0.3 is 10.2 Å². The first kappa shape index (κ1) is 22.5. The van der Waals surface area contributed by atoms with Crippen LogP contribution in [-0.4, -0.2) is 60.9 Å². The highest BCUT2D eigenvalue weighted by molar-refractivity contribution is 6.06. The van der Waals surface area contributed by atoms with E-state index in [1.54, 1.807) is 11.9 Å². The summed E-state index contributed by atoms with van der Waals surface area (Å²) in [5.74, 6) is 0.947. The third-order valence-electron chi connectivity index (χ3n) is 6.12. The van der Waals surface area contributed by atoms with E-state index in [1.807, 2.05) is 53.2 Å². The lowest BCUT2D eigenvalue weighted by molar-refractivity contribution is 0.0647. The van der Waals surface area contributed by atoms with Crippen molar-refractivity contribution in [2.75, 3.05) is 19.6 Å². The second-order valence-corrected chi connectivity index (χ2v) is 8.54. The predicted octanol–water partition coefficient (Wildman–Crippen LogP) is 2.55. The van der Waals surface area contributed by atoms with Crippen LogP contribution in [0.1, 0.15) is 38.7 Å². The molecule has 0 unspecified atom stereocenters. The van der Waals surface area contributed by atoms with Gasteiger partial charge >= 0.3 is 0 Å². The molecule has 1 fully saturated rings. The second kappa shape index (κ2) is 9.92. The molecule has 9 nitrogen and oxygen atoms in total. The maximum Gasteiger partial charge on any atom is 0.270 e. The van der Waals surface area contributed by atoms with Crippen LogP contribution in [0.3, 0.4) is 0 Å². The molecule has 2 amide bonds. The number of likely N-dealkylation sites (tertiary alicyclic amines) is 1. The topological polar surface area (TPSA) is 97.9 Å². The second-order valence-electron chi connectivity index (χ2n) is 8.54. The summed E-state index contributed by atoms with van der Waals surface area (Å²) < 4.78 is 3.33. The zero-order valence-corrected chi connectivity index (χ0v) is 19.6. The summed E-state index contributed by atoms with van der Waals surface area (Å²) in [5, 5.41) is 11.8. The van der Waals surface area contributed by atoms with E-state index in [1.165, 1.54) is 10.9 Å². The molecule has 35 heavy (non-hydrogen) atoms. The molecular weight excluding hydrogens is 442 g/mol. The largest absolute Gasteiger partial charge is 0.350 e. The Balaban J connectivity index is 1.31. The number of carbonyl (C=O) groups is 2. The van der Waals surface area contributed by atoms with Gasteiger partial charge in [-0.2, -0.15) is 10.2 Å². The lowest BCUT2D eigenvalue weighted by Crippen LogP contribution is -2.43. The number of nitrogens with one attached hydrogen (secondary N) is 1. The van der Waals surface area contributed by atoms with Gasteiger partial charge in [-0.1, -0.05) is 60.7 Å². The Morgan fingerprint density at radius 2 is 1.71 bits per heavy atom. The van der Waals surface area contributed by atoms with Crippen molar-refractivity contribution in [3.63, 3.8) is 0 Å². The molecular formula is C26H27N7O2. The zero-order valence-electron chi connectivity index (χ0n) is 19.6. The third-order valence-corrected chi connectivity index (χ3v) is 6.12. The van der Waals surface area contributed by atoms with Crippen LogP contribution in [0.15, 0.2) is 66.9 Å². The Bertz CT molecular complexity index is 1320.